The summed E-state index contributed by atoms with van der Waals surface area (Å²) in [6, 6.07) is 6.84. The number of carbonyl (C=O) groups is 2. The number of aliphatic carboxylic acids is 1. The zero-order valence-corrected chi connectivity index (χ0v) is 10.4. The molecule has 3 rings (SSSR count). The first kappa shape index (κ1) is 12.0. The molecule has 2 aliphatic rings. The molecule has 1 fully saturated rings. The molecule has 2 heterocycles. The fourth-order valence-corrected chi connectivity index (χ4v) is 2.79. The van der Waals surface area contributed by atoms with Crippen LogP contribution in [0.3, 0.4) is 0 Å². The van der Waals surface area contributed by atoms with Gasteiger partial charge >= 0.3 is 5.97 Å². The monoisotopic (exact) mass is 261 g/mol. The van der Waals surface area contributed by atoms with E-state index in [0.29, 0.717) is 19.4 Å². The van der Waals surface area contributed by atoms with E-state index in [2.05, 4.69) is 0 Å². The van der Waals surface area contributed by atoms with E-state index in [1.54, 1.807) is 0 Å². The van der Waals surface area contributed by atoms with E-state index < -0.39 is 18.1 Å². The first-order chi connectivity index (χ1) is 9.16. The number of hydrogen-bond donors (Lipinski definition) is 1. The Bertz CT molecular complexity index is 503. The van der Waals surface area contributed by atoms with Crippen molar-refractivity contribution in [2.45, 2.75) is 31.4 Å². The molecule has 1 N–H and O–H groups in total. The highest BCUT2D eigenvalue weighted by molar-refractivity contribution is 5.88. The van der Waals surface area contributed by atoms with E-state index in [9.17, 15) is 9.59 Å². The van der Waals surface area contributed by atoms with Crippen LogP contribution in [0, 0.1) is 0 Å². The number of amides is 1. The summed E-state index contributed by atoms with van der Waals surface area (Å²) < 4.78 is 5.63. The summed E-state index contributed by atoms with van der Waals surface area (Å²) in [6.45, 7) is 0.506. The molecule has 0 aliphatic carbocycles. The van der Waals surface area contributed by atoms with E-state index >= 15 is 0 Å². The van der Waals surface area contributed by atoms with Crippen LogP contribution in [0.4, 0.5) is 0 Å². The van der Waals surface area contributed by atoms with Crippen LogP contribution < -0.4 is 4.74 Å². The smallest absolute Gasteiger partial charge is 0.326 e. The first-order valence-corrected chi connectivity index (χ1v) is 6.44. The van der Waals surface area contributed by atoms with Crippen LogP contribution >= 0.6 is 0 Å². The largest absolute Gasteiger partial charge is 0.480 e. The van der Waals surface area contributed by atoms with Gasteiger partial charge < -0.3 is 14.7 Å². The van der Waals surface area contributed by atoms with Crippen LogP contribution in [0.25, 0.3) is 0 Å². The van der Waals surface area contributed by atoms with Crippen LogP contribution in [-0.4, -0.2) is 40.6 Å². The minimum atomic E-state index is -0.929. The van der Waals surface area contributed by atoms with Gasteiger partial charge in [-0.2, -0.15) is 0 Å². The zero-order chi connectivity index (χ0) is 13.4. The zero-order valence-electron chi connectivity index (χ0n) is 10.4. The predicted octanol–water partition coefficient (Wildman–Crippen LogP) is 1.07. The molecule has 1 aromatic carbocycles. The molecule has 100 valence electrons. The molecule has 1 unspecified atom stereocenters. The minimum absolute atomic E-state index is 0.207. The van der Waals surface area contributed by atoms with Crippen LogP contribution in [0.2, 0.25) is 0 Å². The molecule has 1 saturated heterocycles. The van der Waals surface area contributed by atoms with Crippen molar-refractivity contribution in [3.05, 3.63) is 29.8 Å². The molecule has 1 amide bonds. The Morgan fingerprint density at radius 2 is 2.11 bits per heavy atom. The fourth-order valence-electron chi connectivity index (χ4n) is 2.79. The highest BCUT2D eigenvalue weighted by Gasteiger charge is 2.39. The number of fused-ring (bicyclic) bond motifs is 1. The van der Waals surface area contributed by atoms with E-state index in [4.69, 9.17) is 9.84 Å². The molecule has 0 spiro atoms. The van der Waals surface area contributed by atoms with Gasteiger partial charge in [0.25, 0.3) is 5.91 Å². The second kappa shape index (κ2) is 4.57. The van der Waals surface area contributed by atoms with Gasteiger partial charge in [-0.3, -0.25) is 4.79 Å². The van der Waals surface area contributed by atoms with Gasteiger partial charge in [-0.1, -0.05) is 18.2 Å². The van der Waals surface area contributed by atoms with Crippen molar-refractivity contribution in [1.82, 2.24) is 4.90 Å². The quantitative estimate of drug-likeness (QED) is 0.864. The van der Waals surface area contributed by atoms with Crippen molar-refractivity contribution >= 4 is 11.9 Å². The number of hydrogen-bond acceptors (Lipinski definition) is 3. The molecular formula is C14H15NO4. The minimum Gasteiger partial charge on any atom is -0.480 e. The van der Waals surface area contributed by atoms with Gasteiger partial charge in [-0.05, 0) is 24.5 Å². The van der Waals surface area contributed by atoms with E-state index in [0.717, 1.165) is 17.7 Å². The summed E-state index contributed by atoms with van der Waals surface area (Å²) in [4.78, 5) is 24.9. The lowest BCUT2D eigenvalue weighted by Gasteiger charge is -2.24. The van der Waals surface area contributed by atoms with Gasteiger partial charge in [0.15, 0.2) is 6.10 Å². The summed E-state index contributed by atoms with van der Waals surface area (Å²) in [7, 11) is 0. The second-order valence-electron chi connectivity index (χ2n) is 4.95. The number of nitrogens with zero attached hydrogens (tertiary/aromatic N) is 1. The van der Waals surface area contributed by atoms with Crippen molar-refractivity contribution in [3.63, 3.8) is 0 Å². The van der Waals surface area contributed by atoms with Crippen molar-refractivity contribution in [2.24, 2.45) is 0 Å². The number of benzene rings is 1. The molecule has 0 saturated carbocycles. The predicted molar refractivity (Wildman–Crippen MR) is 66.9 cm³/mol. The summed E-state index contributed by atoms with van der Waals surface area (Å²) >= 11 is 0. The Morgan fingerprint density at radius 3 is 2.84 bits per heavy atom. The van der Waals surface area contributed by atoms with Gasteiger partial charge in [-0.15, -0.1) is 0 Å². The third kappa shape index (κ3) is 2.05. The third-order valence-electron chi connectivity index (χ3n) is 3.74. The normalized spacial score (nSPS) is 24.9. The molecule has 2 atom stereocenters. The van der Waals surface area contributed by atoms with Gasteiger partial charge in [0, 0.05) is 13.0 Å². The number of carbonyl (C=O) groups excluding carboxylic acids is 1. The SMILES string of the molecule is O=C(O)[C@@H]1CCCN1C(=O)C1Cc2ccccc2O1. The Labute approximate surface area is 110 Å². The van der Waals surface area contributed by atoms with E-state index in [-0.39, 0.29) is 5.91 Å². The number of rotatable bonds is 2. The molecule has 5 nitrogen and oxygen atoms in total. The molecule has 19 heavy (non-hydrogen) atoms. The molecule has 1 aromatic rings. The lowest BCUT2D eigenvalue weighted by atomic mass is 10.1. The maximum atomic E-state index is 12.4. The molecule has 0 radical (unpaired) electrons. The maximum Gasteiger partial charge on any atom is 0.326 e. The second-order valence-corrected chi connectivity index (χ2v) is 4.95. The lowest BCUT2D eigenvalue weighted by molar-refractivity contribution is -0.150. The molecule has 2 aliphatic heterocycles. The van der Waals surface area contributed by atoms with Crippen LogP contribution in [0.15, 0.2) is 24.3 Å². The Balaban J connectivity index is 1.74. The summed E-state index contributed by atoms with van der Waals surface area (Å²) in [5.74, 6) is -0.408. The van der Waals surface area contributed by atoms with Crippen LogP contribution in [0.5, 0.6) is 5.75 Å². The lowest BCUT2D eigenvalue weighted by Crippen LogP contribution is -2.46. The van der Waals surface area contributed by atoms with Gasteiger partial charge in [0.2, 0.25) is 0 Å². The van der Waals surface area contributed by atoms with Crippen molar-refractivity contribution < 1.29 is 19.4 Å². The third-order valence-corrected chi connectivity index (χ3v) is 3.74. The van der Waals surface area contributed by atoms with E-state index in [1.807, 2.05) is 24.3 Å². The van der Waals surface area contributed by atoms with Crippen molar-refractivity contribution in [2.75, 3.05) is 6.54 Å². The Kier molecular flexibility index (Phi) is 2.89. The highest BCUT2D eigenvalue weighted by Crippen LogP contribution is 2.30. The highest BCUT2D eigenvalue weighted by atomic mass is 16.5. The Morgan fingerprint density at radius 1 is 1.32 bits per heavy atom. The van der Waals surface area contributed by atoms with Gasteiger partial charge in [0.1, 0.15) is 11.8 Å². The maximum absolute atomic E-state index is 12.4. The number of carboxylic acid groups (broad SMARTS) is 1. The average molecular weight is 261 g/mol. The van der Waals surface area contributed by atoms with Crippen LogP contribution in [0.1, 0.15) is 18.4 Å². The topological polar surface area (TPSA) is 66.8 Å². The number of ether oxygens (including phenoxy) is 1. The van der Waals surface area contributed by atoms with Gasteiger partial charge in [-0.25, -0.2) is 4.79 Å². The van der Waals surface area contributed by atoms with Crippen LogP contribution in [-0.2, 0) is 16.0 Å². The number of para-hydroxylation sites is 1. The summed E-state index contributed by atoms with van der Waals surface area (Å²) in [5, 5.41) is 9.11. The summed E-state index contributed by atoms with van der Waals surface area (Å²) in [5.41, 5.74) is 1.01. The Hall–Kier alpha value is -2.04. The molecular weight excluding hydrogens is 246 g/mol. The summed E-state index contributed by atoms with van der Waals surface area (Å²) in [6.07, 6.45) is 1.22. The molecule has 0 aromatic heterocycles. The molecule has 5 heteroatoms. The number of carboxylic acids is 1. The van der Waals surface area contributed by atoms with Gasteiger partial charge in [0.05, 0.1) is 0 Å². The standard InChI is InChI=1S/C14H15NO4/c16-13(15-7-3-5-10(15)14(17)18)12-8-9-4-1-2-6-11(9)19-12/h1-2,4,6,10,12H,3,5,7-8H2,(H,17,18)/t10-,12?/m0/s1. The van der Waals surface area contributed by atoms with Crippen molar-refractivity contribution in [3.8, 4) is 5.75 Å². The van der Waals surface area contributed by atoms with E-state index in [1.165, 1.54) is 4.90 Å². The molecule has 0 bridgehead atoms. The van der Waals surface area contributed by atoms with Crippen molar-refractivity contribution in [1.29, 1.82) is 0 Å². The first-order valence-electron chi connectivity index (χ1n) is 6.44. The fraction of sp³-hybridized carbons (Fsp3) is 0.429. The number of likely N-dealkylation sites (tertiary alicyclic amines) is 1. The average Bonchev–Trinajstić information content (AvgIpc) is 3.04.